The van der Waals surface area contributed by atoms with Crippen LogP contribution in [0.5, 0.6) is 0 Å². The number of rotatable bonds is 2. The minimum atomic E-state index is -0.0762. The maximum atomic E-state index is 10.1. The predicted octanol–water partition coefficient (Wildman–Crippen LogP) is 1.36. The highest BCUT2D eigenvalue weighted by Crippen LogP contribution is 2.28. The van der Waals surface area contributed by atoms with Gasteiger partial charge in [0.15, 0.2) is 0 Å². The van der Waals surface area contributed by atoms with Crippen LogP contribution in [0, 0.1) is 0 Å². The van der Waals surface area contributed by atoms with Crippen molar-refractivity contribution in [3.05, 3.63) is 0 Å². The summed E-state index contributed by atoms with van der Waals surface area (Å²) in [5.41, 5.74) is 0.316. The Morgan fingerprint density at radius 2 is 1.81 bits per heavy atom. The summed E-state index contributed by atoms with van der Waals surface area (Å²) in [6.07, 6.45) is 7.02. The first-order valence-corrected chi connectivity index (χ1v) is 6.76. The molecule has 2 N–H and O–H groups in total. The van der Waals surface area contributed by atoms with Crippen LogP contribution < -0.4 is 5.32 Å². The highest BCUT2D eigenvalue weighted by Gasteiger charge is 2.34. The first-order chi connectivity index (χ1) is 7.64. The molecule has 0 aromatic rings. The van der Waals surface area contributed by atoms with Crippen LogP contribution in [-0.4, -0.2) is 47.8 Å². The average Bonchev–Trinajstić information content (AvgIpc) is 2.31. The Morgan fingerprint density at radius 1 is 1.19 bits per heavy atom. The number of hydrogen-bond acceptors (Lipinski definition) is 3. The lowest BCUT2D eigenvalue weighted by Crippen LogP contribution is -2.55. The van der Waals surface area contributed by atoms with Gasteiger partial charge in [-0.1, -0.05) is 12.8 Å². The predicted molar refractivity (Wildman–Crippen MR) is 66.5 cm³/mol. The molecule has 2 unspecified atom stereocenters. The first kappa shape index (κ1) is 12.3. The second kappa shape index (κ2) is 5.03. The van der Waals surface area contributed by atoms with Crippen LogP contribution in [0.15, 0.2) is 0 Å². The van der Waals surface area contributed by atoms with Crippen LogP contribution >= 0.6 is 0 Å². The summed E-state index contributed by atoms with van der Waals surface area (Å²) in [6, 6.07) is 0.440. The molecule has 1 heterocycles. The van der Waals surface area contributed by atoms with Crippen molar-refractivity contribution in [3.8, 4) is 0 Å². The van der Waals surface area contributed by atoms with Gasteiger partial charge in [0.05, 0.1) is 6.10 Å². The van der Waals surface area contributed by atoms with Crippen molar-refractivity contribution in [2.24, 2.45) is 0 Å². The largest absolute Gasteiger partial charge is 0.391 e. The number of hydrogen-bond donors (Lipinski definition) is 2. The lowest BCUT2D eigenvalue weighted by Gasteiger charge is -2.45. The second-order valence-electron chi connectivity index (χ2n) is 5.77. The molecule has 0 bridgehead atoms. The Balaban J connectivity index is 1.88. The van der Waals surface area contributed by atoms with E-state index < -0.39 is 0 Å². The summed E-state index contributed by atoms with van der Waals surface area (Å²) in [4.78, 5) is 2.52. The highest BCUT2D eigenvalue weighted by molar-refractivity contribution is 4.92. The van der Waals surface area contributed by atoms with E-state index in [0.717, 1.165) is 19.5 Å². The van der Waals surface area contributed by atoms with Crippen molar-refractivity contribution in [1.29, 1.82) is 0 Å². The van der Waals surface area contributed by atoms with Crippen LogP contribution in [0.4, 0.5) is 0 Å². The summed E-state index contributed by atoms with van der Waals surface area (Å²) in [7, 11) is 2.06. The molecule has 2 rings (SSSR count). The highest BCUT2D eigenvalue weighted by atomic mass is 16.3. The fourth-order valence-electron chi connectivity index (χ4n) is 3.12. The SMILES string of the molecule is CNC1(C)CCN(C2CCCCC2O)CC1. The van der Waals surface area contributed by atoms with Gasteiger partial charge in [-0.15, -0.1) is 0 Å². The van der Waals surface area contributed by atoms with Crippen LogP contribution in [0.25, 0.3) is 0 Å². The molecule has 0 aromatic heterocycles. The molecule has 1 saturated carbocycles. The van der Waals surface area contributed by atoms with Crippen LogP contribution in [0.1, 0.15) is 45.4 Å². The molecule has 3 heteroatoms. The quantitative estimate of drug-likeness (QED) is 0.746. The summed E-state index contributed by atoms with van der Waals surface area (Å²) in [5.74, 6) is 0. The van der Waals surface area contributed by atoms with Gasteiger partial charge in [-0.05, 0) is 39.7 Å². The van der Waals surface area contributed by atoms with Gasteiger partial charge in [-0.2, -0.15) is 0 Å². The number of aliphatic hydroxyl groups is 1. The minimum Gasteiger partial charge on any atom is -0.391 e. The van der Waals surface area contributed by atoms with E-state index in [1.54, 1.807) is 0 Å². The van der Waals surface area contributed by atoms with E-state index in [9.17, 15) is 5.11 Å². The third-order valence-corrected chi connectivity index (χ3v) is 4.67. The van der Waals surface area contributed by atoms with Gasteiger partial charge in [0.2, 0.25) is 0 Å². The van der Waals surface area contributed by atoms with Gasteiger partial charge in [0.25, 0.3) is 0 Å². The summed E-state index contributed by atoms with van der Waals surface area (Å²) >= 11 is 0. The zero-order valence-electron chi connectivity index (χ0n) is 10.7. The molecule has 1 aliphatic heterocycles. The normalized spacial score (nSPS) is 36.2. The van der Waals surface area contributed by atoms with Crippen molar-refractivity contribution in [2.45, 2.75) is 63.1 Å². The number of piperidine rings is 1. The molecule has 0 aromatic carbocycles. The van der Waals surface area contributed by atoms with Crippen molar-refractivity contribution < 1.29 is 5.11 Å². The third-order valence-electron chi connectivity index (χ3n) is 4.67. The Morgan fingerprint density at radius 3 is 2.38 bits per heavy atom. The summed E-state index contributed by atoms with van der Waals surface area (Å²) in [5, 5.41) is 13.5. The van der Waals surface area contributed by atoms with Gasteiger partial charge in [0.1, 0.15) is 0 Å². The minimum absolute atomic E-state index is 0.0762. The lowest BCUT2D eigenvalue weighted by atomic mass is 9.85. The van der Waals surface area contributed by atoms with Gasteiger partial charge in [-0.25, -0.2) is 0 Å². The van der Waals surface area contributed by atoms with E-state index in [-0.39, 0.29) is 6.10 Å². The Kier molecular flexibility index (Phi) is 3.88. The fourth-order valence-corrected chi connectivity index (χ4v) is 3.12. The molecule has 0 radical (unpaired) electrons. The van der Waals surface area contributed by atoms with E-state index in [1.165, 1.54) is 32.1 Å². The lowest BCUT2D eigenvalue weighted by molar-refractivity contribution is -0.000772. The second-order valence-corrected chi connectivity index (χ2v) is 5.77. The van der Waals surface area contributed by atoms with E-state index >= 15 is 0 Å². The summed E-state index contributed by atoms with van der Waals surface area (Å²) in [6.45, 7) is 4.58. The number of likely N-dealkylation sites (tertiary alicyclic amines) is 1. The molecule has 1 aliphatic carbocycles. The molecule has 3 nitrogen and oxygen atoms in total. The fraction of sp³-hybridized carbons (Fsp3) is 1.00. The molecule has 0 spiro atoms. The van der Waals surface area contributed by atoms with Gasteiger partial charge in [0, 0.05) is 24.7 Å². The topological polar surface area (TPSA) is 35.5 Å². The molecule has 2 aliphatic rings. The van der Waals surface area contributed by atoms with Crippen LogP contribution in [-0.2, 0) is 0 Å². The molecule has 2 fully saturated rings. The molecule has 2 atom stereocenters. The summed E-state index contributed by atoms with van der Waals surface area (Å²) < 4.78 is 0. The van der Waals surface area contributed by atoms with Crippen molar-refractivity contribution in [2.75, 3.05) is 20.1 Å². The molecular weight excluding hydrogens is 200 g/mol. The number of nitrogens with one attached hydrogen (secondary N) is 1. The first-order valence-electron chi connectivity index (χ1n) is 6.76. The maximum absolute atomic E-state index is 10.1. The number of nitrogens with zero attached hydrogens (tertiary/aromatic N) is 1. The Hall–Kier alpha value is -0.120. The third kappa shape index (κ3) is 2.58. The van der Waals surface area contributed by atoms with Crippen LogP contribution in [0.2, 0.25) is 0 Å². The standard InChI is InChI=1S/C13H26N2O/c1-13(14-2)7-9-15(10-8-13)11-5-3-4-6-12(11)16/h11-12,14,16H,3-10H2,1-2H3. The molecule has 0 amide bonds. The number of aliphatic hydroxyl groups excluding tert-OH is 1. The molecule has 16 heavy (non-hydrogen) atoms. The molecule has 1 saturated heterocycles. The van der Waals surface area contributed by atoms with E-state index in [2.05, 4.69) is 24.2 Å². The smallest absolute Gasteiger partial charge is 0.0695 e. The van der Waals surface area contributed by atoms with Crippen LogP contribution in [0.3, 0.4) is 0 Å². The molecular formula is C13H26N2O. The zero-order valence-corrected chi connectivity index (χ0v) is 10.7. The monoisotopic (exact) mass is 226 g/mol. The Bertz CT molecular complexity index is 224. The van der Waals surface area contributed by atoms with Crippen molar-refractivity contribution >= 4 is 0 Å². The van der Waals surface area contributed by atoms with Gasteiger partial charge < -0.3 is 10.4 Å². The van der Waals surface area contributed by atoms with Gasteiger partial charge >= 0.3 is 0 Å². The maximum Gasteiger partial charge on any atom is 0.0695 e. The van der Waals surface area contributed by atoms with Gasteiger partial charge in [-0.3, -0.25) is 4.90 Å². The van der Waals surface area contributed by atoms with E-state index in [1.807, 2.05) is 0 Å². The van der Waals surface area contributed by atoms with Crippen molar-refractivity contribution in [1.82, 2.24) is 10.2 Å². The van der Waals surface area contributed by atoms with Crippen molar-refractivity contribution in [3.63, 3.8) is 0 Å². The van der Waals surface area contributed by atoms with E-state index in [0.29, 0.717) is 11.6 Å². The van der Waals surface area contributed by atoms with E-state index in [4.69, 9.17) is 0 Å². The zero-order chi connectivity index (χ0) is 11.6. The Labute approximate surface area is 99.2 Å². The average molecular weight is 226 g/mol. The molecule has 94 valence electrons.